The van der Waals surface area contributed by atoms with Crippen LogP contribution in [0.15, 0.2) is 18.3 Å². The van der Waals surface area contributed by atoms with Crippen LogP contribution >= 0.6 is 0 Å². The van der Waals surface area contributed by atoms with E-state index in [4.69, 9.17) is 4.74 Å². The summed E-state index contributed by atoms with van der Waals surface area (Å²) in [6.45, 7) is 1.40. The Hall–Kier alpha value is -1.69. The third-order valence-electron chi connectivity index (χ3n) is 2.57. The summed E-state index contributed by atoms with van der Waals surface area (Å²) in [5.74, 6) is -0.160. The highest BCUT2D eigenvalue weighted by molar-refractivity contribution is 5.75. The molecule has 2 heterocycles. The molecule has 1 aromatic heterocycles. The van der Waals surface area contributed by atoms with Gasteiger partial charge in [0.25, 0.3) is 0 Å². The Bertz CT molecular complexity index is 396. The van der Waals surface area contributed by atoms with Gasteiger partial charge in [-0.1, -0.05) is 0 Å². The van der Waals surface area contributed by atoms with Crippen LogP contribution in [0.1, 0.15) is 0 Å². The molecule has 1 unspecified atom stereocenters. The molecular weight excluding hydrogens is 227 g/mol. The van der Waals surface area contributed by atoms with Crippen molar-refractivity contribution in [2.45, 2.75) is 6.10 Å². The van der Waals surface area contributed by atoms with Gasteiger partial charge in [0.1, 0.15) is 11.6 Å². The summed E-state index contributed by atoms with van der Waals surface area (Å²) in [4.78, 5) is 17.2. The average molecular weight is 240 g/mol. The first-order valence-electron chi connectivity index (χ1n) is 5.26. The molecule has 0 radical (unpaired) electrons. The highest BCUT2D eigenvalue weighted by atomic mass is 19.1. The van der Waals surface area contributed by atoms with Crippen LogP contribution in [0.3, 0.4) is 0 Å². The molecule has 0 aromatic carbocycles. The fourth-order valence-electron chi connectivity index (χ4n) is 1.69. The molecule has 5 nitrogen and oxygen atoms in total. The van der Waals surface area contributed by atoms with Gasteiger partial charge in [0.15, 0.2) is 6.10 Å². The molecule has 1 aliphatic heterocycles. The molecule has 1 fully saturated rings. The Morgan fingerprint density at radius 2 is 2.47 bits per heavy atom. The number of carbonyl (C=O) groups is 1. The summed E-state index contributed by atoms with van der Waals surface area (Å²) in [5.41, 5.74) is 0. The van der Waals surface area contributed by atoms with E-state index in [0.29, 0.717) is 25.5 Å². The molecule has 1 saturated heterocycles. The number of methoxy groups -OCH3 is 1. The van der Waals surface area contributed by atoms with Gasteiger partial charge in [-0.15, -0.1) is 0 Å². The molecule has 1 aliphatic rings. The fourth-order valence-corrected chi connectivity index (χ4v) is 1.69. The van der Waals surface area contributed by atoms with Crippen LogP contribution in [0.5, 0.6) is 0 Å². The highest BCUT2D eigenvalue weighted by Gasteiger charge is 2.27. The molecule has 0 bridgehead atoms. The average Bonchev–Trinajstić information content (AvgIpc) is 2.39. The molecule has 0 N–H and O–H groups in total. The van der Waals surface area contributed by atoms with E-state index in [-0.39, 0.29) is 5.82 Å². The largest absolute Gasteiger partial charge is 0.467 e. The minimum atomic E-state index is -0.611. The second-order valence-corrected chi connectivity index (χ2v) is 3.66. The summed E-state index contributed by atoms with van der Waals surface area (Å²) in [7, 11) is 1.32. The first-order valence-corrected chi connectivity index (χ1v) is 5.26. The van der Waals surface area contributed by atoms with Gasteiger partial charge in [0.05, 0.1) is 26.5 Å². The number of rotatable bonds is 2. The molecule has 0 spiro atoms. The molecule has 92 valence electrons. The molecule has 0 aliphatic carbocycles. The van der Waals surface area contributed by atoms with Crippen molar-refractivity contribution < 1.29 is 18.7 Å². The monoisotopic (exact) mass is 240 g/mol. The Morgan fingerprint density at radius 1 is 1.65 bits per heavy atom. The second kappa shape index (κ2) is 5.09. The number of nitrogens with zero attached hydrogens (tertiary/aromatic N) is 2. The lowest BCUT2D eigenvalue weighted by Crippen LogP contribution is -2.46. The van der Waals surface area contributed by atoms with Crippen LogP contribution in [0, 0.1) is 5.82 Å². The van der Waals surface area contributed by atoms with Gasteiger partial charge in [0.2, 0.25) is 0 Å². The smallest absolute Gasteiger partial charge is 0.336 e. The number of pyridine rings is 1. The number of esters is 1. The Balaban J connectivity index is 2.06. The molecule has 0 amide bonds. The molecule has 1 aromatic rings. The Kier molecular flexibility index (Phi) is 3.53. The van der Waals surface area contributed by atoms with Crippen LogP contribution in [-0.2, 0) is 14.3 Å². The van der Waals surface area contributed by atoms with Crippen molar-refractivity contribution in [3.05, 3.63) is 24.1 Å². The maximum atomic E-state index is 12.7. The number of morpholine rings is 1. The van der Waals surface area contributed by atoms with Crippen molar-refractivity contribution in [1.82, 2.24) is 4.98 Å². The maximum Gasteiger partial charge on any atom is 0.336 e. The number of anilines is 1. The number of halogens is 1. The minimum absolute atomic E-state index is 0.366. The van der Waals surface area contributed by atoms with E-state index in [9.17, 15) is 9.18 Å². The summed E-state index contributed by atoms with van der Waals surface area (Å²) in [5, 5.41) is 0. The maximum absolute atomic E-state index is 12.7. The van der Waals surface area contributed by atoms with Gasteiger partial charge >= 0.3 is 5.97 Å². The normalized spacial score (nSPS) is 20.1. The van der Waals surface area contributed by atoms with Crippen molar-refractivity contribution in [2.75, 3.05) is 31.7 Å². The lowest BCUT2D eigenvalue weighted by Gasteiger charge is -2.32. The summed E-state index contributed by atoms with van der Waals surface area (Å²) < 4.78 is 22.6. The SMILES string of the molecule is COC(=O)C1CN(c2ccc(F)cn2)CCO1. The summed E-state index contributed by atoms with van der Waals surface area (Å²) in [6.07, 6.45) is 0.540. The van der Waals surface area contributed by atoms with Crippen LogP contribution < -0.4 is 4.90 Å². The van der Waals surface area contributed by atoms with E-state index in [0.717, 1.165) is 6.20 Å². The second-order valence-electron chi connectivity index (χ2n) is 3.66. The van der Waals surface area contributed by atoms with Gasteiger partial charge in [-0.05, 0) is 12.1 Å². The fraction of sp³-hybridized carbons (Fsp3) is 0.455. The predicted octanol–water partition coefficient (Wildman–Crippen LogP) is 0.599. The number of aromatic nitrogens is 1. The van der Waals surface area contributed by atoms with Crippen molar-refractivity contribution in [2.24, 2.45) is 0 Å². The van der Waals surface area contributed by atoms with E-state index >= 15 is 0 Å². The number of hydrogen-bond donors (Lipinski definition) is 0. The number of ether oxygens (including phenoxy) is 2. The minimum Gasteiger partial charge on any atom is -0.467 e. The topological polar surface area (TPSA) is 51.7 Å². The van der Waals surface area contributed by atoms with Crippen LogP contribution in [-0.4, -0.2) is 43.9 Å². The van der Waals surface area contributed by atoms with E-state index in [1.54, 1.807) is 6.07 Å². The molecule has 0 saturated carbocycles. The quantitative estimate of drug-likeness (QED) is 0.708. The molecule has 17 heavy (non-hydrogen) atoms. The van der Waals surface area contributed by atoms with Gasteiger partial charge in [-0.2, -0.15) is 0 Å². The Labute approximate surface area is 98.1 Å². The molecule has 1 atom stereocenters. The lowest BCUT2D eigenvalue weighted by molar-refractivity contribution is -0.154. The van der Waals surface area contributed by atoms with Gasteiger partial charge in [-0.3, -0.25) is 0 Å². The number of hydrogen-bond acceptors (Lipinski definition) is 5. The highest BCUT2D eigenvalue weighted by Crippen LogP contribution is 2.15. The van der Waals surface area contributed by atoms with E-state index in [1.807, 2.05) is 4.90 Å². The van der Waals surface area contributed by atoms with Crippen molar-refractivity contribution in [1.29, 1.82) is 0 Å². The standard InChI is InChI=1S/C11H13FN2O3/c1-16-11(15)9-7-14(4-5-17-9)10-3-2-8(12)6-13-10/h2-3,6,9H,4-5,7H2,1H3. The summed E-state index contributed by atoms with van der Waals surface area (Å²) in [6, 6.07) is 2.92. The van der Waals surface area contributed by atoms with E-state index in [1.165, 1.54) is 13.2 Å². The van der Waals surface area contributed by atoms with Gasteiger partial charge < -0.3 is 14.4 Å². The first-order chi connectivity index (χ1) is 8.20. The predicted molar refractivity (Wildman–Crippen MR) is 58.2 cm³/mol. The molecular formula is C11H13FN2O3. The van der Waals surface area contributed by atoms with E-state index in [2.05, 4.69) is 9.72 Å². The first kappa shape index (κ1) is 11.8. The third kappa shape index (κ3) is 2.71. The van der Waals surface area contributed by atoms with Crippen molar-refractivity contribution in [3.8, 4) is 0 Å². The molecule has 2 rings (SSSR count). The van der Waals surface area contributed by atoms with Crippen molar-refractivity contribution in [3.63, 3.8) is 0 Å². The Morgan fingerprint density at radius 3 is 3.12 bits per heavy atom. The van der Waals surface area contributed by atoms with Crippen molar-refractivity contribution >= 4 is 11.8 Å². The van der Waals surface area contributed by atoms with Crippen LogP contribution in [0.2, 0.25) is 0 Å². The third-order valence-corrected chi connectivity index (χ3v) is 2.57. The lowest BCUT2D eigenvalue weighted by atomic mass is 10.2. The van der Waals surface area contributed by atoms with E-state index < -0.39 is 12.1 Å². The zero-order chi connectivity index (χ0) is 12.3. The van der Waals surface area contributed by atoms with Crippen LogP contribution in [0.25, 0.3) is 0 Å². The summed E-state index contributed by atoms with van der Waals surface area (Å²) >= 11 is 0. The zero-order valence-electron chi connectivity index (χ0n) is 9.43. The molecule has 6 heteroatoms. The van der Waals surface area contributed by atoms with Gasteiger partial charge in [0, 0.05) is 6.54 Å². The number of carbonyl (C=O) groups excluding carboxylic acids is 1. The van der Waals surface area contributed by atoms with Gasteiger partial charge in [-0.25, -0.2) is 14.2 Å². The van der Waals surface area contributed by atoms with Crippen LogP contribution in [0.4, 0.5) is 10.2 Å². The zero-order valence-corrected chi connectivity index (χ0v) is 9.43.